The van der Waals surface area contributed by atoms with Gasteiger partial charge in [-0.25, -0.2) is 9.50 Å². The monoisotopic (exact) mass is 312 g/mol. The van der Waals surface area contributed by atoms with Crippen LogP contribution >= 0.6 is 0 Å². The van der Waals surface area contributed by atoms with Crippen LogP contribution in [-0.4, -0.2) is 42.8 Å². The number of fused-ring (bicyclic) bond motifs is 1. The fourth-order valence-corrected chi connectivity index (χ4v) is 3.38. The molecule has 4 rings (SSSR count). The van der Waals surface area contributed by atoms with E-state index in [0.717, 1.165) is 43.0 Å². The summed E-state index contributed by atoms with van der Waals surface area (Å²) in [4.78, 5) is 19.0. The third-order valence-electron chi connectivity index (χ3n) is 4.47. The smallest absolute Gasteiger partial charge is 0.272 e. The lowest BCUT2D eigenvalue weighted by atomic mass is 9.94. The average molecular weight is 312 g/mol. The summed E-state index contributed by atoms with van der Waals surface area (Å²) in [5.74, 6) is 0.450. The van der Waals surface area contributed by atoms with Gasteiger partial charge in [-0.15, -0.1) is 0 Å². The largest absolute Gasteiger partial charge is 0.297 e. The van der Waals surface area contributed by atoms with Crippen LogP contribution in [0, 0.1) is 6.92 Å². The van der Waals surface area contributed by atoms with E-state index in [1.54, 1.807) is 12.3 Å². The van der Waals surface area contributed by atoms with Crippen molar-refractivity contribution in [2.75, 3.05) is 13.1 Å². The first-order chi connectivity index (χ1) is 11.2. The van der Waals surface area contributed by atoms with Gasteiger partial charge in [0.2, 0.25) is 0 Å². The van der Waals surface area contributed by atoms with Crippen LogP contribution in [0.2, 0.25) is 0 Å². The summed E-state index contributed by atoms with van der Waals surface area (Å²) < 4.78 is 1.45. The number of likely N-dealkylation sites (tertiary alicyclic amines) is 1. The molecule has 0 aromatic carbocycles. The molecule has 0 amide bonds. The minimum Gasteiger partial charge on any atom is -0.297 e. The molecule has 0 aliphatic carbocycles. The maximum Gasteiger partial charge on any atom is 0.272 e. The molecule has 4 heterocycles. The maximum atomic E-state index is 12.0. The molecule has 7 nitrogen and oxygen atoms in total. The number of piperidine rings is 1. The van der Waals surface area contributed by atoms with Gasteiger partial charge in [0, 0.05) is 43.0 Å². The highest BCUT2D eigenvalue weighted by molar-refractivity contribution is 5.36. The average Bonchev–Trinajstić information content (AvgIpc) is 3.16. The normalized spacial score (nSPS) is 19.4. The second-order valence-corrected chi connectivity index (χ2v) is 6.29. The fraction of sp³-hybridized carbons (Fsp3) is 0.438. The van der Waals surface area contributed by atoms with Crippen LogP contribution in [0.3, 0.4) is 0 Å². The third kappa shape index (κ3) is 2.79. The zero-order chi connectivity index (χ0) is 15.8. The third-order valence-corrected chi connectivity index (χ3v) is 4.47. The topological polar surface area (TPSA) is 82.1 Å². The molecule has 0 spiro atoms. The van der Waals surface area contributed by atoms with Crippen molar-refractivity contribution in [3.8, 4) is 0 Å². The van der Waals surface area contributed by atoms with E-state index in [1.807, 2.05) is 13.0 Å². The summed E-state index contributed by atoms with van der Waals surface area (Å²) in [6.07, 6.45) is 4.03. The van der Waals surface area contributed by atoms with Gasteiger partial charge in [-0.2, -0.15) is 5.10 Å². The molecule has 0 saturated carbocycles. The molecule has 7 heteroatoms. The number of aryl methyl sites for hydroxylation is 1. The summed E-state index contributed by atoms with van der Waals surface area (Å²) in [6.45, 7) is 4.73. The molecule has 1 saturated heterocycles. The van der Waals surface area contributed by atoms with E-state index >= 15 is 0 Å². The van der Waals surface area contributed by atoms with Crippen LogP contribution in [0.4, 0.5) is 0 Å². The first-order valence-corrected chi connectivity index (χ1v) is 7.99. The number of hydrogen-bond acceptors (Lipinski definition) is 4. The minimum absolute atomic E-state index is 0.0634. The van der Waals surface area contributed by atoms with E-state index < -0.39 is 0 Å². The van der Waals surface area contributed by atoms with Gasteiger partial charge in [0.15, 0.2) is 5.65 Å². The summed E-state index contributed by atoms with van der Waals surface area (Å²) in [5, 5.41) is 10.3. The van der Waals surface area contributed by atoms with Gasteiger partial charge in [0.1, 0.15) is 0 Å². The Balaban J connectivity index is 1.52. The Labute approximate surface area is 133 Å². The summed E-state index contributed by atoms with van der Waals surface area (Å²) >= 11 is 0. The van der Waals surface area contributed by atoms with Crippen molar-refractivity contribution in [2.45, 2.75) is 32.2 Å². The van der Waals surface area contributed by atoms with Crippen molar-refractivity contribution >= 4 is 5.65 Å². The number of aromatic nitrogens is 5. The van der Waals surface area contributed by atoms with Crippen LogP contribution in [0.1, 0.15) is 35.8 Å². The molecule has 2 N–H and O–H groups in total. The molecule has 3 aromatic rings. The van der Waals surface area contributed by atoms with Gasteiger partial charge in [0.25, 0.3) is 5.56 Å². The van der Waals surface area contributed by atoms with Crippen molar-refractivity contribution in [3.63, 3.8) is 0 Å². The summed E-state index contributed by atoms with van der Waals surface area (Å²) in [7, 11) is 0. The lowest BCUT2D eigenvalue weighted by molar-refractivity contribution is 0.196. The Hall–Kier alpha value is -2.41. The SMILES string of the molecule is Cc1cc([C@H]2CCCN(Cc3cc(=O)n4[nH]ccc4n3)C2)n[nH]1. The molecule has 1 atom stereocenters. The molecule has 1 aliphatic heterocycles. The highest BCUT2D eigenvalue weighted by Gasteiger charge is 2.23. The highest BCUT2D eigenvalue weighted by atomic mass is 16.1. The van der Waals surface area contributed by atoms with Crippen LogP contribution in [0.15, 0.2) is 29.2 Å². The molecule has 1 aliphatic rings. The number of nitrogens with one attached hydrogen (secondary N) is 2. The summed E-state index contributed by atoms with van der Waals surface area (Å²) in [5.41, 5.74) is 3.68. The van der Waals surface area contributed by atoms with E-state index in [0.29, 0.717) is 18.1 Å². The minimum atomic E-state index is -0.0634. The lowest BCUT2D eigenvalue weighted by Crippen LogP contribution is -2.34. The van der Waals surface area contributed by atoms with Crippen molar-refractivity contribution in [1.82, 2.24) is 29.7 Å². The molecular weight excluding hydrogens is 292 g/mol. The van der Waals surface area contributed by atoms with Crippen molar-refractivity contribution in [2.24, 2.45) is 0 Å². The molecule has 0 unspecified atom stereocenters. The predicted molar refractivity (Wildman–Crippen MR) is 86.4 cm³/mol. The van der Waals surface area contributed by atoms with E-state index in [-0.39, 0.29) is 5.56 Å². The van der Waals surface area contributed by atoms with E-state index in [9.17, 15) is 4.79 Å². The van der Waals surface area contributed by atoms with Gasteiger partial charge in [-0.05, 0) is 32.4 Å². The number of aromatic amines is 2. The molecule has 120 valence electrons. The Morgan fingerprint density at radius 1 is 1.39 bits per heavy atom. The molecule has 1 fully saturated rings. The fourth-order valence-electron chi connectivity index (χ4n) is 3.38. The van der Waals surface area contributed by atoms with Crippen molar-refractivity contribution in [1.29, 1.82) is 0 Å². The van der Waals surface area contributed by atoms with Gasteiger partial charge in [-0.3, -0.25) is 19.9 Å². The lowest BCUT2D eigenvalue weighted by Gasteiger charge is -2.31. The van der Waals surface area contributed by atoms with Crippen LogP contribution in [-0.2, 0) is 6.54 Å². The number of hydrogen-bond donors (Lipinski definition) is 2. The van der Waals surface area contributed by atoms with E-state index in [4.69, 9.17) is 0 Å². The second-order valence-electron chi connectivity index (χ2n) is 6.29. The Morgan fingerprint density at radius 3 is 3.13 bits per heavy atom. The zero-order valence-corrected chi connectivity index (χ0v) is 13.1. The van der Waals surface area contributed by atoms with Crippen LogP contribution in [0.25, 0.3) is 5.65 Å². The standard InChI is InChI=1S/C16H20N6O/c1-11-7-14(20-19-11)12-3-2-6-21(9-12)10-13-8-16(23)22-15(18-13)4-5-17-22/h4-5,7-8,12,17H,2-3,6,9-10H2,1H3,(H,19,20)/t12-/m0/s1. The first kappa shape index (κ1) is 14.2. The molecule has 0 radical (unpaired) electrons. The molecule has 23 heavy (non-hydrogen) atoms. The van der Waals surface area contributed by atoms with E-state index in [2.05, 4.69) is 31.2 Å². The summed E-state index contributed by atoms with van der Waals surface area (Å²) in [6, 6.07) is 5.56. The highest BCUT2D eigenvalue weighted by Crippen LogP contribution is 2.26. The van der Waals surface area contributed by atoms with Gasteiger partial charge >= 0.3 is 0 Å². The molecular formula is C16H20N6O. The van der Waals surface area contributed by atoms with Crippen LogP contribution < -0.4 is 5.56 Å². The predicted octanol–water partition coefficient (Wildman–Crippen LogP) is 1.43. The Bertz CT molecular complexity index is 876. The first-order valence-electron chi connectivity index (χ1n) is 7.99. The van der Waals surface area contributed by atoms with Gasteiger partial charge in [0.05, 0.1) is 11.4 Å². The second kappa shape index (κ2) is 5.66. The van der Waals surface area contributed by atoms with Crippen molar-refractivity contribution < 1.29 is 0 Å². The zero-order valence-electron chi connectivity index (χ0n) is 13.1. The molecule has 0 bridgehead atoms. The number of H-pyrrole nitrogens is 2. The quantitative estimate of drug-likeness (QED) is 0.766. The van der Waals surface area contributed by atoms with Gasteiger partial charge in [-0.1, -0.05) is 0 Å². The number of nitrogens with zero attached hydrogens (tertiary/aromatic N) is 4. The van der Waals surface area contributed by atoms with Gasteiger partial charge < -0.3 is 0 Å². The molecule has 3 aromatic heterocycles. The Kier molecular flexibility index (Phi) is 3.49. The van der Waals surface area contributed by atoms with Crippen LogP contribution in [0.5, 0.6) is 0 Å². The Morgan fingerprint density at radius 2 is 2.30 bits per heavy atom. The van der Waals surface area contributed by atoms with Crippen molar-refractivity contribution in [3.05, 3.63) is 51.8 Å². The maximum absolute atomic E-state index is 12.0. The number of rotatable bonds is 3. The van der Waals surface area contributed by atoms with E-state index in [1.165, 1.54) is 4.52 Å².